The van der Waals surface area contributed by atoms with E-state index >= 15 is 0 Å². The van der Waals surface area contributed by atoms with Gasteiger partial charge in [-0.15, -0.1) is 0 Å². The van der Waals surface area contributed by atoms with Crippen molar-refractivity contribution in [2.75, 3.05) is 14.2 Å². The van der Waals surface area contributed by atoms with Gasteiger partial charge >= 0.3 is 0 Å². The first-order chi connectivity index (χ1) is 8.99. The summed E-state index contributed by atoms with van der Waals surface area (Å²) in [5, 5.41) is 0. The van der Waals surface area contributed by atoms with E-state index in [1.165, 1.54) is 0 Å². The maximum Gasteiger partial charge on any atom is 0.239 e. The Kier molecular flexibility index (Phi) is 5.83. The number of rotatable bonds is 6. The molecular formula is C15H24N2O2. The van der Waals surface area contributed by atoms with Crippen LogP contribution in [0, 0.1) is 5.92 Å². The number of ether oxygens (including phenoxy) is 1. The van der Waals surface area contributed by atoms with Crippen molar-refractivity contribution in [3.8, 4) is 5.75 Å². The second kappa shape index (κ2) is 7.14. The normalized spacial score (nSPS) is 13.7. The zero-order valence-electron chi connectivity index (χ0n) is 12.2. The number of carbonyl (C=O) groups is 1. The summed E-state index contributed by atoms with van der Waals surface area (Å²) in [4.78, 5) is 13.8. The molecule has 4 nitrogen and oxygen atoms in total. The van der Waals surface area contributed by atoms with Crippen molar-refractivity contribution in [3.63, 3.8) is 0 Å². The van der Waals surface area contributed by atoms with Gasteiger partial charge in [0.1, 0.15) is 5.75 Å². The van der Waals surface area contributed by atoms with Gasteiger partial charge in [-0.2, -0.15) is 0 Å². The summed E-state index contributed by atoms with van der Waals surface area (Å²) in [6.45, 7) is 4.61. The maximum absolute atomic E-state index is 12.1. The molecule has 2 N–H and O–H groups in total. The Morgan fingerprint density at radius 1 is 1.37 bits per heavy atom. The number of hydrogen-bond acceptors (Lipinski definition) is 3. The third-order valence-corrected chi connectivity index (χ3v) is 3.50. The maximum atomic E-state index is 12.1. The molecule has 0 heterocycles. The predicted octanol–water partition coefficient (Wildman–Crippen LogP) is 2.03. The van der Waals surface area contributed by atoms with Crippen molar-refractivity contribution < 1.29 is 9.53 Å². The molecule has 0 aliphatic heterocycles. The minimum absolute atomic E-state index is 0.00910. The average Bonchev–Trinajstić information content (AvgIpc) is 2.45. The Morgan fingerprint density at radius 3 is 2.42 bits per heavy atom. The predicted molar refractivity (Wildman–Crippen MR) is 76.9 cm³/mol. The molecule has 4 heteroatoms. The van der Waals surface area contributed by atoms with Gasteiger partial charge in [0.25, 0.3) is 0 Å². The highest BCUT2D eigenvalue weighted by Gasteiger charge is 2.22. The number of hydrogen-bond donors (Lipinski definition) is 1. The van der Waals surface area contributed by atoms with E-state index in [0.717, 1.165) is 17.7 Å². The lowest BCUT2D eigenvalue weighted by Crippen LogP contribution is -2.45. The molecule has 0 spiro atoms. The topological polar surface area (TPSA) is 55.6 Å². The van der Waals surface area contributed by atoms with Gasteiger partial charge in [-0.3, -0.25) is 4.79 Å². The zero-order chi connectivity index (χ0) is 14.4. The number of methoxy groups -OCH3 is 1. The molecule has 2 atom stereocenters. The number of nitrogens with zero attached hydrogens (tertiary/aromatic N) is 1. The Morgan fingerprint density at radius 2 is 1.95 bits per heavy atom. The van der Waals surface area contributed by atoms with Crippen molar-refractivity contribution in [2.24, 2.45) is 11.7 Å². The van der Waals surface area contributed by atoms with Gasteiger partial charge in [-0.05, 0) is 23.6 Å². The smallest absolute Gasteiger partial charge is 0.239 e. The van der Waals surface area contributed by atoms with E-state index in [1.54, 1.807) is 19.1 Å². The summed E-state index contributed by atoms with van der Waals surface area (Å²) in [5.74, 6) is 1.00. The molecular weight excluding hydrogens is 240 g/mol. The van der Waals surface area contributed by atoms with Crippen LogP contribution in [0.3, 0.4) is 0 Å². The highest BCUT2D eigenvalue weighted by Crippen LogP contribution is 2.14. The molecule has 0 fully saturated rings. The third kappa shape index (κ3) is 4.24. The number of amides is 1. The molecule has 106 valence electrons. The molecule has 0 saturated carbocycles. The second-order valence-electron chi connectivity index (χ2n) is 4.95. The van der Waals surface area contributed by atoms with Crippen molar-refractivity contribution in [1.82, 2.24) is 4.90 Å². The monoisotopic (exact) mass is 264 g/mol. The van der Waals surface area contributed by atoms with Gasteiger partial charge in [0, 0.05) is 13.6 Å². The molecule has 0 aromatic heterocycles. The van der Waals surface area contributed by atoms with Gasteiger partial charge < -0.3 is 15.4 Å². The van der Waals surface area contributed by atoms with Crippen molar-refractivity contribution in [3.05, 3.63) is 29.8 Å². The summed E-state index contributed by atoms with van der Waals surface area (Å²) in [6, 6.07) is 7.27. The summed E-state index contributed by atoms with van der Waals surface area (Å²) in [6.07, 6.45) is 0.906. The Labute approximate surface area is 115 Å². The van der Waals surface area contributed by atoms with E-state index < -0.39 is 6.04 Å². The summed E-state index contributed by atoms with van der Waals surface area (Å²) in [7, 11) is 3.42. The summed E-state index contributed by atoms with van der Waals surface area (Å²) in [5.41, 5.74) is 7.02. The third-order valence-electron chi connectivity index (χ3n) is 3.50. The van der Waals surface area contributed by atoms with E-state index in [1.807, 2.05) is 38.1 Å². The number of likely N-dealkylation sites (N-methyl/N-ethyl adjacent to an activating group) is 1. The van der Waals surface area contributed by atoms with Crippen LogP contribution in [-0.2, 0) is 11.3 Å². The van der Waals surface area contributed by atoms with E-state index in [2.05, 4.69) is 0 Å². The van der Waals surface area contributed by atoms with Crippen LogP contribution >= 0.6 is 0 Å². The molecule has 0 unspecified atom stereocenters. The van der Waals surface area contributed by atoms with Gasteiger partial charge in [-0.25, -0.2) is 0 Å². The first-order valence-electron chi connectivity index (χ1n) is 6.63. The van der Waals surface area contributed by atoms with Gasteiger partial charge in [0.2, 0.25) is 5.91 Å². The van der Waals surface area contributed by atoms with Crippen LogP contribution in [0.1, 0.15) is 25.8 Å². The summed E-state index contributed by atoms with van der Waals surface area (Å²) >= 11 is 0. The fourth-order valence-corrected chi connectivity index (χ4v) is 1.83. The standard InChI is InChI=1S/C15H24N2O2/c1-5-11(2)14(16)15(18)17(3)10-12-6-8-13(19-4)9-7-12/h6-9,11,14H,5,10,16H2,1-4H3/t11-,14-/m0/s1. The molecule has 0 aliphatic carbocycles. The minimum Gasteiger partial charge on any atom is -0.497 e. The molecule has 1 aromatic carbocycles. The van der Waals surface area contributed by atoms with Crippen molar-refractivity contribution in [1.29, 1.82) is 0 Å². The van der Waals surface area contributed by atoms with E-state index in [4.69, 9.17) is 10.5 Å². The Bertz CT molecular complexity index is 403. The zero-order valence-corrected chi connectivity index (χ0v) is 12.2. The first kappa shape index (κ1) is 15.5. The number of carbonyl (C=O) groups excluding carboxylic acids is 1. The lowest BCUT2D eigenvalue weighted by Gasteiger charge is -2.24. The second-order valence-corrected chi connectivity index (χ2v) is 4.95. The minimum atomic E-state index is -0.423. The summed E-state index contributed by atoms with van der Waals surface area (Å²) < 4.78 is 5.11. The molecule has 0 radical (unpaired) electrons. The molecule has 0 bridgehead atoms. The number of nitrogens with two attached hydrogens (primary N) is 1. The Balaban J connectivity index is 2.62. The molecule has 1 rings (SSSR count). The molecule has 1 amide bonds. The van der Waals surface area contributed by atoms with Gasteiger partial charge in [0.15, 0.2) is 0 Å². The van der Waals surface area contributed by atoms with Crippen LogP contribution in [-0.4, -0.2) is 31.0 Å². The average molecular weight is 264 g/mol. The lowest BCUT2D eigenvalue weighted by molar-refractivity contribution is -0.132. The first-order valence-corrected chi connectivity index (χ1v) is 6.63. The quantitative estimate of drug-likeness (QED) is 0.855. The molecule has 1 aromatic rings. The van der Waals surface area contributed by atoms with E-state index in [-0.39, 0.29) is 11.8 Å². The molecule has 0 aliphatic rings. The van der Waals surface area contributed by atoms with Crippen LogP contribution in [0.15, 0.2) is 24.3 Å². The Hall–Kier alpha value is -1.55. The fourth-order valence-electron chi connectivity index (χ4n) is 1.83. The lowest BCUT2D eigenvalue weighted by atomic mass is 9.99. The van der Waals surface area contributed by atoms with Gasteiger partial charge in [0.05, 0.1) is 13.2 Å². The SMILES string of the molecule is CC[C@H](C)[C@H](N)C(=O)N(C)Cc1ccc(OC)cc1. The van der Waals surface area contributed by atoms with Crippen molar-refractivity contribution in [2.45, 2.75) is 32.9 Å². The van der Waals surface area contributed by atoms with E-state index in [0.29, 0.717) is 6.54 Å². The van der Waals surface area contributed by atoms with Crippen molar-refractivity contribution >= 4 is 5.91 Å². The van der Waals surface area contributed by atoms with Gasteiger partial charge in [-0.1, -0.05) is 32.4 Å². The molecule has 0 saturated heterocycles. The fraction of sp³-hybridized carbons (Fsp3) is 0.533. The molecule has 19 heavy (non-hydrogen) atoms. The van der Waals surface area contributed by atoms with Crippen LogP contribution in [0.2, 0.25) is 0 Å². The highest BCUT2D eigenvalue weighted by molar-refractivity contribution is 5.81. The van der Waals surface area contributed by atoms with E-state index in [9.17, 15) is 4.79 Å². The van der Waals surface area contributed by atoms with Crippen LogP contribution in [0.25, 0.3) is 0 Å². The van der Waals surface area contributed by atoms with Crippen LogP contribution in [0.4, 0.5) is 0 Å². The highest BCUT2D eigenvalue weighted by atomic mass is 16.5. The number of benzene rings is 1. The van der Waals surface area contributed by atoms with Crippen LogP contribution < -0.4 is 10.5 Å². The van der Waals surface area contributed by atoms with Crippen LogP contribution in [0.5, 0.6) is 5.75 Å². The largest absolute Gasteiger partial charge is 0.497 e.